The van der Waals surface area contributed by atoms with E-state index in [9.17, 15) is 4.79 Å². The van der Waals surface area contributed by atoms with Crippen LogP contribution < -0.4 is 5.73 Å². The summed E-state index contributed by atoms with van der Waals surface area (Å²) < 4.78 is 0. The number of rotatable bonds is 4. The van der Waals surface area contributed by atoms with E-state index in [1.54, 1.807) is 6.08 Å². The molecule has 0 bridgehead atoms. The molecule has 0 aromatic carbocycles. The topological polar surface area (TPSA) is 43.1 Å². The second-order valence-electron chi connectivity index (χ2n) is 4.97. The molecule has 2 heteroatoms. The Morgan fingerprint density at radius 3 is 2.29 bits per heavy atom. The molecule has 2 N–H and O–H groups in total. The number of allylic oxidation sites excluding steroid dienone is 3. The van der Waals surface area contributed by atoms with E-state index in [1.807, 2.05) is 13.0 Å². The van der Waals surface area contributed by atoms with Crippen molar-refractivity contribution in [1.82, 2.24) is 0 Å². The Morgan fingerprint density at radius 1 is 1.24 bits per heavy atom. The van der Waals surface area contributed by atoms with Crippen LogP contribution >= 0.6 is 0 Å². The molecule has 0 radical (unpaired) electrons. The largest absolute Gasteiger partial charge is 0.366 e. The molecule has 0 heterocycles. The summed E-state index contributed by atoms with van der Waals surface area (Å²) in [6.07, 6.45) is 10.9. The minimum absolute atomic E-state index is 0.369. The van der Waals surface area contributed by atoms with Crippen molar-refractivity contribution in [3.63, 3.8) is 0 Å². The van der Waals surface area contributed by atoms with Crippen LogP contribution in [0.4, 0.5) is 0 Å². The van der Waals surface area contributed by atoms with Crippen molar-refractivity contribution < 1.29 is 4.79 Å². The van der Waals surface area contributed by atoms with E-state index in [1.165, 1.54) is 31.3 Å². The standard InChI is InChI=1S/C15H23NO/c1-4-13(10-7-12(3)15(16)17)14-8-5-11(2)6-9-14/h4,7,10-11,14H,3,5-6,8-9H2,1-2H3,(H2,16,17)/b10-7-,13-4+. The first-order valence-electron chi connectivity index (χ1n) is 6.37. The van der Waals surface area contributed by atoms with E-state index >= 15 is 0 Å². The highest BCUT2D eigenvalue weighted by molar-refractivity contribution is 5.94. The summed E-state index contributed by atoms with van der Waals surface area (Å²) in [4.78, 5) is 10.9. The first-order valence-corrected chi connectivity index (χ1v) is 6.37. The van der Waals surface area contributed by atoms with Gasteiger partial charge in [-0.1, -0.05) is 38.5 Å². The quantitative estimate of drug-likeness (QED) is 0.587. The van der Waals surface area contributed by atoms with E-state index in [0.29, 0.717) is 11.5 Å². The number of carbonyl (C=O) groups excluding carboxylic acids is 1. The molecule has 1 aliphatic carbocycles. The molecule has 0 spiro atoms. The van der Waals surface area contributed by atoms with Crippen molar-refractivity contribution in [1.29, 1.82) is 0 Å². The molecule has 1 fully saturated rings. The van der Waals surface area contributed by atoms with Gasteiger partial charge in [0.2, 0.25) is 5.91 Å². The molecular weight excluding hydrogens is 210 g/mol. The zero-order valence-electron chi connectivity index (χ0n) is 10.9. The van der Waals surface area contributed by atoms with Crippen molar-refractivity contribution in [2.75, 3.05) is 0 Å². The summed E-state index contributed by atoms with van der Waals surface area (Å²) in [5, 5.41) is 0. The smallest absolute Gasteiger partial charge is 0.248 e. The van der Waals surface area contributed by atoms with Gasteiger partial charge in [-0.3, -0.25) is 4.79 Å². The fourth-order valence-corrected chi connectivity index (χ4v) is 2.34. The van der Waals surface area contributed by atoms with Gasteiger partial charge in [0.1, 0.15) is 0 Å². The number of carbonyl (C=O) groups is 1. The molecule has 0 unspecified atom stereocenters. The molecule has 0 aliphatic heterocycles. The molecule has 0 saturated heterocycles. The van der Waals surface area contributed by atoms with Crippen LogP contribution in [0.1, 0.15) is 39.5 Å². The zero-order valence-corrected chi connectivity index (χ0v) is 10.9. The Labute approximate surface area is 104 Å². The van der Waals surface area contributed by atoms with Crippen LogP contribution in [0.5, 0.6) is 0 Å². The lowest BCUT2D eigenvalue weighted by Crippen LogP contribution is -2.14. The van der Waals surface area contributed by atoms with E-state index in [0.717, 1.165) is 5.92 Å². The van der Waals surface area contributed by atoms with Gasteiger partial charge in [-0.2, -0.15) is 0 Å². The molecule has 1 saturated carbocycles. The van der Waals surface area contributed by atoms with Gasteiger partial charge in [-0.15, -0.1) is 0 Å². The Hall–Kier alpha value is -1.31. The molecule has 1 rings (SSSR count). The van der Waals surface area contributed by atoms with Gasteiger partial charge in [-0.25, -0.2) is 0 Å². The molecule has 1 amide bonds. The zero-order chi connectivity index (χ0) is 12.8. The van der Waals surface area contributed by atoms with Crippen molar-refractivity contribution in [2.24, 2.45) is 17.6 Å². The fraction of sp³-hybridized carbons (Fsp3) is 0.533. The predicted molar refractivity (Wildman–Crippen MR) is 72.4 cm³/mol. The highest BCUT2D eigenvalue weighted by atomic mass is 16.1. The Morgan fingerprint density at radius 2 is 1.82 bits per heavy atom. The van der Waals surface area contributed by atoms with Crippen LogP contribution in [0.3, 0.4) is 0 Å². The van der Waals surface area contributed by atoms with Crippen LogP contribution in [0, 0.1) is 11.8 Å². The number of primary amides is 1. The van der Waals surface area contributed by atoms with Crippen molar-refractivity contribution in [2.45, 2.75) is 39.5 Å². The molecule has 1 aliphatic rings. The third kappa shape index (κ3) is 4.22. The van der Waals surface area contributed by atoms with E-state index in [-0.39, 0.29) is 0 Å². The third-order valence-electron chi connectivity index (χ3n) is 3.61. The molecule has 2 nitrogen and oxygen atoms in total. The molecule has 0 aromatic heterocycles. The van der Waals surface area contributed by atoms with Crippen LogP contribution in [0.15, 0.2) is 36.0 Å². The summed E-state index contributed by atoms with van der Waals surface area (Å²) in [6, 6.07) is 0. The maximum Gasteiger partial charge on any atom is 0.248 e. The lowest BCUT2D eigenvalue weighted by molar-refractivity contribution is -0.114. The van der Waals surface area contributed by atoms with Crippen LogP contribution in [0.2, 0.25) is 0 Å². The lowest BCUT2D eigenvalue weighted by atomic mass is 9.79. The highest BCUT2D eigenvalue weighted by Crippen LogP contribution is 2.33. The second kappa shape index (κ2) is 6.43. The molecule has 0 atom stereocenters. The molecule has 17 heavy (non-hydrogen) atoms. The predicted octanol–water partition coefficient (Wildman–Crippen LogP) is 3.36. The lowest BCUT2D eigenvalue weighted by Gasteiger charge is -2.27. The molecule has 94 valence electrons. The minimum atomic E-state index is -0.450. The van der Waals surface area contributed by atoms with Crippen molar-refractivity contribution >= 4 is 5.91 Å². The number of amides is 1. The van der Waals surface area contributed by atoms with Gasteiger partial charge in [0.05, 0.1) is 0 Å². The summed E-state index contributed by atoms with van der Waals surface area (Å²) in [5.74, 6) is 1.04. The highest BCUT2D eigenvalue weighted by Gasteiger charge is 2.19. The third-order valence-corrected chi connectivity index (χ3v) is 3.61. The van der Waals surface area contributed by atoms with Gasteiger partial charge in [0, 0.05) is 5.57 Å². The summed E-state index contributed by atoms with van der Waals surface area (Å²) in [5.41, 5.74) is 6.83. The van der Waals surface area contributed by atoms with Crippen LogP contribution in [-0.2, 0) is 4.79 Å². The van der Waals surface area contributed by atoms with Gasteiger partial charge < -0.3 is 5.73 Å². The van der Waals surface area contributed by atoms with Crippen LogP contribution in [-0.4, -0.2) is 5.91 Å². The molecule has 0 aromatic rings. The average Bonchev–Trinajstić information content (AvgIpc) is 2.31. The number of hydrogen-bond acceptors (Lipinski definition) is 1. The normalized spacial score (nSPS) is 26.1. The van der Waals surface area contributed by atoms with Gasteiger partial charge >= 0.3 is 0 Å². The van der Waals surface area contributed by atoms with Crippen LogP contribution in [0.25, 0.3) is 0 Å². The van der Waals surface area contributed by atoms with Crippen molar-refractivity contribution in [3.8, 4) is 0 Å². The monoisotopic (exact) mass is 233 g/mol. The number of hydrogen-bond donors (Lipinski definition) is 1. The van der Waals surface area contributed by atoms with E-state index < -0.39 is 5.91 Å². The SMILES string of the molecule is C=C(/C=C\C(=C/C)C1CCC(C)CC1)C(N)=O. The Bertz CT molecular complexity index is 344. The summed E-state index contributed by atoms with van der Waals surface area (Å²) in [6.45, 7) is 7.99. The maximum absolute atomic E-state index is 10.9. The summed E-state index contributed by atoms with van der Waals surface area (Å²) >= 11 is 0. The van der Waals surface area contributed by atoms with Gasteiger partial charge in [0.15, 0.2) is 0 Å². The van der Waals surface area contributed by atoms with Gasteiger partial charge in [-0.05, 0) is 43.3 Å². The second-order valence-corrected chi connectivity index (χ2v) is 4.97. The Kier molecular flexibility index (Phi) is 5.20. The van der Waals surface area contributed by atoms with Gasteiger partial charge in [0.25, 0.3) is 0 Å². The fourth-order valence-electron chi connectivity index (χ4n) is 2.34. The number of nitrogens with two attached hydrogens (primary N) is 1. The van der Waals surface area contributed by atoms with E-state index in [4.69, 9.17) is 5.73 Å². The minimum Gasteiger partial charge on any atom is -0.366 e. The molecular formula is C15H23NO. The maximum atomic E-state index is 10.9. The first-order chi connectivity index (χ1) is 8.04. The van der Waals surface area contributed by atoms with E-state index in [2.05, 4.69) is 19.6 Å². The Balaban J connectivity index is 2.61. The van der Waals surface area contributed by atoms with Crippen molar-refractivity contribution in [3.05, 3.63) is 36.0 Å². The first kappa shape index (κ1) is 13.8. The average molecular weight is 233 g/mol. The summed E-state index contributed by atoms with van der Waals surface area (Å²) in [7, 11) is 0.